The first kappa shape index (κ1) is 8.82. The molecule has 2 rings (SSSR count). The summed E-state index contributed by atoms with van der Waals surface area (Å²) < 4.78 is 1.15. The highest BCUT2D eigenvalue weighted by Crippen LogP contribution is 2.27. The summed E-state index contributed by atoms with van der Waals surface area (Å²) in [5.41, 5.74) is 5.16. The molecule has 0 unspecified atom stereocenters. The number of nitrogens with one attached hydrogen (secondary N) is 1. The van der Waals surface area contributed by atoms with Crippen LogP contribution in [0.2, 0.25) is 0 Å². The third-order valence-electron chi connectivity index (χ3n) is 2.58. The molecule has 1 heterocycles. The van der Waals surface area contributed by atoms with Gasteiger partial charge in [0.2, 0.25) is 0 Å². The van der Waals surface area contributed by atoms with E-state index in [1.54, 1.807) is 0 Å². The highest BCUT2D eigenvalue weighted by Gasteiger charge is 2.06. The molecule has 0 spiro atoms. The maximum absolute atomic E-state index is 3.51. The van der Waals surface area contributed by atoms with Gasteiger partial charge in [0.15, 0.2) is 0 Å². The van der Waals surface area contributed by atoms with E-state index < -0.39 is 0 Å². The zero-order valence-corrected chi connectivity index (χ0v) is 9.62. The van der Waals surface area contributed by atoms with Gasteiger partial charge in [-0.3, -0.25) is 0 Å². The number of hydrogen-bond acceptors (Lipinski definition) is 0. The fraction of sp³-hybridized carbons (Fsp3) is 0.273. The lowest BCUT2D eigenvalue weighted by molar-refractivity contribution is 1.25. The quantitative estimate of drug-likeness (QED) is 0.717. The largest absolute Gasteiger partial charge is 0.358 e. The van der Waals surface area contributed by atoms with Crippen molar-refractivity contribution in [2.75, 3.05) is 0 Å². The van der Waals surface area contributed by atoms with Crippen LogP contribution in [-0.4, -0.2) is 4.98 Å². The summed E-state index contributed by atoms with van der Waals surface area (Å²) in [5.74, 6) is 0. The minimum absolute atomic E-state index is 1.15. The highest BCUT2D eigenvalue weighted by atomic mass is 79.9. The molecule has 0 bridgehead atoms. The Balaban J connectivity index is 2.94. The molecule has 1 N–H and O–H groups in total. The Hall–Kier alpha value is -0.760. The third-order valence-corrected chi connectivity index (χ3v) is 3.04. The molecule has 0 amide bonds. The van der Waals surface area contributed by atoms with Crippen molar-refractivity contribution in [1.82, 2.24) is 4.98 Å². The number of fused-ring (bicyclic) bond motifs is 1. The average molecular weight is 238 g/mol. The van der Waals surface area contributed by atoms with Gasteiger partial charge in [0.1, 0.15) is 0 Å². The first-order valence-electron chi connectivity index (χ1n) is 4.34. The lowest BCUT2D eigenvalue weighted by Crippen LogP contribution is -1.76. The predicted octanol–water partition coefficient (Wildman–Crippen LogP) is 3.86. The summed E-state index contributed by atoms with van der Waals surface area (Å²) in [6.07, 6.45) is 0. The topological polar surface area (TPSA) is 15.8 Å². The van der Waals surface area contributed by atoms with Crippen molar-refractivity contribution < 1.29 is 0 Å². The van der Waals surface area contributed by atoms with Crippen molar-refractivity contribution in [3.8, 4) is 0 Å². The number of benzene rings is 1. The standard InChI is InChI=1S/C11H12BrN/c1-6-4-9(12)5-10-7(2)8(3)13-11(6)10/h4-5,13H,1-3H3. The van der Waals surface area contributed by atoms with Crippen molar-refractivity contribution in [3.05, 3.63) is 33.4 Å². The van der Waals surface area contributed by atoms with Gasteiger partial charge in [-0.15, -0.1) is 0 Å². The van der Waals surface area contributed by atoms with E-state index in [9.17, 15) is 0 Å². The molecule has 1 aromatic heterocycles. The van der Waals surface area contributed by atoms with Crippen LogP contribution >= 0.6 is 15.9 Å². The zero-order chi connectivity index (χ0) is 9.59. The van der Waals surface area contributed by atoms with E-state index in [2.05, 4.69) is 53.8 Å². The average Bonchev–Trinajstić information content (AvgIpc) is 2.32. The van der Waals surface area contributed by atoms with Gasteiger partial charge in [0.05, 0.1) is 0 Å². The summed E-state index contributed by atoms with van der Waals surface area (Å²) in [4.78, 5) is 3.40. The van der Waals surface area contributed by atoms with E-state index >= 15 is 0 Å². The van der Waals surface area contributed by atoms with Crippen LogP contribution in [0.15, 0.2) is 16.6 Å². The summed E-state index contributed by atoms with van der Waals surface area (Å²) in [6.45, 7) is 6.39. The zero-order valence-electron chi connectivity index (χ0n) is 8.03. The Morgan fingerprint density at radius 1 is 1.15 bits per heavy atom. The Kier molecular flexibility index (Phi) is 1.95. The lowest BCUT2D eigenvalue weighted by atomic mass is 10.1. The SMILES string of the molecule is Cc1[nH]c2c(C)cc(Br)cc2c1C. The van der Waals surface area contributed by atoms with E-state index in [0.717, 1.165) is 4.47 Å². The second kappa shape index (κ2) is 2.88. The van der Waals surface area contributed by atoms with Crippen LogP contribution in [0.25, 0.3) is 10.9 Å². The molecule has 2 aromatic rings. The molecular formula is C11H12BrN. The summed E-state index contributed by atoms with van der Waals surface area (Å²) >= 11 is 3.51. The molecule has 1 aromatic carbocycles. The molecule has 0 atom stereocenters. The fourth-order valence-electron chi connectivity index (χ4n) is 1.69. The minimum atomic E-state index is 1.15. The van der Waals surface area contributed by atoms with Crippen LogP contribution in [-0.2, 0) is 0 Å². The van der Waals surface area contributed by atoms with Crippen molar-refractivity contribution in [2.45, 2.75) is 20.8 Å². The molecule has 0 aliphatic carbocycles. The molecule has 0 radical (unpaired) electrons. The molecule has 0 saturated heterocycles. The number of aryl methyl sites for hydroxylation is 3. The molecule has 0 saturated carbocycles. The summed E-state index contributed by atoms with van der Waals surface area (Å²) in [6, 6.07) is 4.30. The molecule has 0 aliphatic heterocycles. The normalized spacial score (nSPS) is 11.1. The fourth-order valence-corrected chi connectivity index (χ4v) is 2.26. The monoisotopic (exact) mass is 237 g/mol. The van der Waals surface area contributed by atoms with E-state index in [0.29, 0.717) is 0 Å². The van der Waals surface area contributed by atoms with Gasteiger partial charge in [0.25, 0.3) is 0 Å². The van der Waals surface area contributed by atoms with E-state index in [1.807, 2.05) is 0 Å². The lowest BCUT2D eigenvalue weighted by Gasteiger charge is -1.97. The van der Waals surface area contributed by atoms with Crippen LogP contribution in [0.5, 0.6) is 0 Å². The van der Waals surface area contributed by atoms with Crippen LogP contribution in [0.3, 0.4) is 0 Å². The molecule has 2 heteroatoms. The maximum Gasteiger partial charge on any atom is 0.0489 e. The van der Waals surface area contributed by atoms with Crippen LogP contribution in [0, 0.1) is 20.8 Å². The van der Waals surface area contributed by atoms with Gasteiger partial charge < -0.3 is 4.98 Å². The smallest absolute Gasteiger partial charge is 0.0489 e. The second-order valence-corrected chi connectivity index (χ2v) is 4.44. The van der Waals surface area contributed by atoms with E-state index in [1.165, 1.54) is 27.7 Å². The van der Waals surface area contributed by atoms with Gasteiger partial charge in [0, 0.05) is 21.1 Å². The van der Waals surface area contributed by atoms with Crippen LogP contribution in [0.1, 0.15) is 16.8 Å². The first-order valence-corrected chi connectivity index (χ1v) is 5.14. The Bertz CT molecular complexity index is 468. The summed E-state index contributed by atoms with van der Waals surface area (Å²) in [5, 5.41) is 1.32. The maximum atomic E-state index is 3.51. The van der Waals surface area contributed by atoms with E-state index in [-0.39, 0.29) is 0 Å². The molecule has 1 nitrogen and oxygen atoms in total. The molecular weight excluding hydrogens is 226 g/mol. The number of aromatic amines is 1. The summed E-state index contributed by atoms with van der Waals surface area (Å²) in [7, 11) is 0. The van der Waals surface area contributed by atoms with Crippen molar-refractivity contribution >= 4 is 26.8 Å². The van der Waals surface area contributed by atoms with Gasteiger partial charge in [-0.25, -0.2) is 0 Å². The van der Waals surface area contributed by atoms with Gasteiger partial charge >= 0.3 is 0 Å². The number of aromatic nitrogens is 1. The van der Waals surface area contributed by atoms with Crippen LogP contribution in [0.4, 0.5) is 0 Å². The highest BCUT2D eigenvalue weighted by molar-refractivity contribution is 9.10. The third kappa shape index (κ3) is 1.29. The number of hydrogen-bond donors (Lipinski definition) is 1. The Morgan fingerprint density at radius 3 is 2.54 bits per heavy atom. The Morgan fingerprint density at radius 2 is 1.85 bits per heavy atom. The Labute approximate surface area is 86.3 Å². The van der Waals surface area contributed by atoms with Gasteiger partial charge in [-0.1, -0.05) is 15.9 Å². The van der Waals surface area contributed by atoms with E-state index in [4.69, 9.17) is 0 Å². The van der Waals surface area contributed by atoms with Crippen molar-refractivity contribution in [1.29, 1.82) is 0 Å². The van der Waals surface area contributed by atoms with Gasteiger partial charge in [-0.05, 0) is 44.0 Å². The van der Waals surface area contributed by atoms with Crippen molar-refractivity contribution in [2.24, 2.45) is 0 Å². The molecule has 68 valence electrons. The van der Waals surface area contributed by atoms with Crippen molar-refractivity contribution in [3.63, 3.8) is 0 Å². The number of halogens is 1. The number of rotatable bonds is 0. The van der Waals surface area contributed by atoms with Crippen LogP contribution < -0.4 is 0 Å². The minimum Gasteiger partial charge on any atom is -0.358 e. The molecule has 0 fully saturated rings. The molecule has 13 heavy (non-hydrogen) atoms. The van der Waals surface area contributed by atoms with Gasteiger partial charge in [-0.2, -0.15) is 0 Å². The predicted molar refractivity (Wildman–Crippen MR) is 60.2 cm³/mol. The second-order valence-electron chi connectivity index (χ2n) is 3.52. The molecule has 0 aliphatic rings. The first-order chi connectivity index (χ1) is 6.09. The number of H-pyrrole nitrogens is 1.